The predicted octanol–water partition coefficient (Wildman–Crippen LogP) is 5.92. The summed E-state index contributed by atoms with van der Waals surface area (Å²) in [5, 5.41) is 5.46. The quantitative estimate of drug-likeness (QED) is 0.468. The maximum Gasteiger partial charge on any atom is 0.341 e. The van der Waals surface area contributed by atoms with Crippen LogP contribution in [-0.4, -0.2) is 19.0 Å². The van der Waals surface area contributed by atoms with Crippen LogP contribution in [-0.2, 0) is 24.2 Å². The Balaban J connectivity index is 1.46. The minimum atomic E-state index is -0.386. The summed E-state index contributed by atoms with van der Waals surface area (Å²) in [5.74, 6) is 0.210. The van der Waals surface area contributed by atoms with Crippen LogP contribution in [0, 0.1) is 13.8 Å². The zero-order valence-electron chi connectivity index (χ0n) is 17.9. The fraction of sp³-hybridized carbons (Fsp3) is 0.333. The molecule has 31 heavy (non-hydrogen) atoms. The van der Waals surface area contributed by atoms with Crippen molar-refractivity contribution in [2.75, 3.05) is 12.4 Å². The molecule has 7 heteroatoms. The van der Waals surface area contributed by atoms with Crippen LogP contribution in [0.1, 0.15) is 60.0 Å². The summed E-state index contributed by atoms with van der Waals surface area (Å²) in [7, 11) is 1.38. The largest absolute Gasteiger partial charge is 0.489 e. The molecule has 4 rings (SSSR count). The van der Waals surface area contributed by atoms with Gasteiger partial charge in [-0.15, -0.1) is 22.7 Å². The van der Waals surface area contributed by atoms with Crippen LogP contribution in [0.4, 0.5) is 5.00 Å². The van der Waals surface area contributed by atoms with Gasteiger partial charge in [-0.2, -0.15) is 0 Å². The van der Waals surface area contributed by atoms with Crippen molar-refractivity contribution in [1.82, 2.24) is 0 Å². The van der Waals surface area contributed by atoms with Gasteiger partial charge in [0.25, 0.3) is 5.91 Å². The van der Waals surface area contributed by atoms with E-state index in [1.807, 2.05) is 29.6 Å². The number of nitrogens with one attached hydrogen (secondary N) is 1. The van der Waals surface area contributed by atoms with E-state index in [0.717, 1.165) is 42.6 Å². The van der Waals surface area contributed by atoms with Crippen molar-refractivity contribution in [2.45, 2.75) is 46.1 Å². The van der Waals surface area contributed by atoms with Gasteiger partial charge in [-0.25, -0.2) is 4.79 Å². The summed E-state index contributed by atoms with van der Waals surface area (Å²) in [5.41, 5.74) is 4.90. The molecule has 1 aliphatic rings. The van der Waals surface area contributed by atoms with Gasteiger partial charge in [-0.3, -0.25) is 4.79 Å². The van der Waals surface area contributed by atoms with E-state index >= 15 is 0 Å². The first-order valence-electron chi connectivity index (χ1n) is 10.3. The van der Waals surface area contributed by atoms with Crippen molar-refractivity contribution in [2.24, 2.45) is 0 Å². The SMILES string of the molecule is COC(=O)c1c(NC(=O)c2cc(COc3ccc(C)c(C)c3)cs2)sc2c1CCCC2. The topological polar surface area (TPSA) is 64.6 Å². The van der Waals surface area contributed by atoms with E-state index in [1.54, 1.807) is 0 Å². The zero-order chi connectivity index (χ0) is 22.0. The summed E-state index contributed by atoms with van der Waals surface area (Å²) < 4.78 is 10.9. The normalized spacial score (nSPS) is 12.9. The molecule has 0 aliphatic heterocycles. The van der Waals surface area contributed by atoms with Gasteiger partial charge in [-0.05, 0) is 79.8 Å². The Labute approximate surface area is 190 Å². The van der Waals surface area contributed by atoms with Gasteiger partial charge in [0.1, 0.15) is 17.4 Å². The van der Waals surface area contributed by atoms with Gasteiger partial charge in [0.2, 0.25) is 0 Å². The molecular weight excluding hydrogens is 430 g/mol. The fourth-order valence-corrected chi connectivity index (χ4v) is 5.74. The first kappa shape index (κ1) is 21.6. The molecule has 0 radical (unpaired) electrons. The number of carbonyl (C=O) groups is 2. The third kappa shape index (κ3) is 4.67. The number of anilines is 1. The molecule has 1 N–H and O–H groups in total. The van der Waals surface area contributed by atoms with Crippen LogP contribution in [0.2, 0.25) is 0 Å². The minimum absolute atomic E-state index is 0.216. The Morgan fingerprint density at radius 1 is 1.10 bits per heavy atom. The van der Waals surface area contributed by atoms with Gasteiger partial charge in [0.05, 0.1) is 17.6 Å². The lowest BCUT2D eigenvalue weighted by molar-refractivity contribution is 0.0601. The molecule has 162 valence electrons. The highest BCUT2D eigenvalue weighted by atomic mass is 32.1. The number of methoxy groups -OCH3 is 1. The molecule has 0 unspecified atom stereocenters. The highest BCUT2D eigenvalue weighted by molar-refractivity contribution is 7.17. The van der Waals surface area contributed by atoms with Crippen LogP contribution >= 0.6 is 22.7 Å². The summed E-state index contributed by atoms with van der Waals surface area (Å²) in [6.07, 6.45) is 3.95. The molecule has 0 atom stereocenters. The summed E-state index contributed by atoms with van der Waals surface area (Å²) in [4.78, 5) is 27.0. The average molecular weight is 456 g/mol. The number of benzene rings is 1. The molecule has 2 heterocycles. The maximum atomic E-state index is 12.9. The Bertz CT molecular complexity index is 1130. The van der Waals surface area contributed by atoms with E-state index in [4.69, 9.17) is 9.47 Å². The van der Waals surface area contributed by atoms with Gasteiger partial charge < -0.3 is 14.8 Å². The first-order chi connectivity index (χ1) is 15.0. The minimum Gasteiger partial charge on any atom is -0.489 e. The Morgan fingerprint density at radius 3 is 2.68 bits per heavy atom. The third-order valence-corrected chi connectivity index (χ3v) is 7.73. The van der Waals surface area contributed by atoms with Gasteiger partial charge >= 0.3 is 5.97 Å². The van der Waals surface area contributed by atoms with Gasteiger partial charge in [0, 0.05) is 10.4 Å². The van der Waals surface area contributed by atoms with Crippen LogP contribution < -0.4 is 10.1 Å². The van der Waals surface area contributed by atoms with Crippen molar-refractivity contribution < 1.29 is 19.1 Å². The molecule has 2 aromatic heterocycles. The van der Waals surface area contributed by atoms with Crippen LogP contribution in [0.5, 0.6) is 5.75 Å². The number of fused-ring (bicyclic) bond motifs is 1. The van der Waals surface area contributed by atoms with Crippen molar-refractivity contribution in [3.63, 3.8) is 0 Å². The van der Waals surface area contributed by atoms with Crippen molar-refractivity contribution in [3.05, 3.63) is 67.2 Å². The molecule has 1 aromatic carbocycles. The lowest BCUT2D eigenvalue weighted by atomic mass is 9.95. The molecule has 0 bridgehead atoms. The second-order valence-electron chi connectivity index (χ2n) is 7.71. The molecule has 1 amide bonds. The summed E-state index contributed by atoms with van der Waals surface area (Å²) >= 11 is 2.86. The lowest BCUT2D eigenvalue weighted by Gasteiger charge is -2.11. The Hall–Kier alpha value is -2.64. The monoisotopic (exact) mass is 455 g/mol. The number of thiophene rings is 2. The van der Waals surface area contributed by atoms with Crippen LogP contribution in [0.15, 0.2) is 29.6 Å². The highest BCUT2D eigenvalue weighted by Crippen LogP contribution is 2.39. The molecular formula is C24H25NO4S2. The van der Waals surface area contributed by atoms with Crippen molar-refractivity contribution >= 4 is 39.6 Å². The maximum absolute atomic E-state index is 12.9. The van der Waals surface area contributed by atoms with E-state index in [2.05, 4.69) is 19.2 Å². The molecule has 0 fully saturated rings. The number of aryl methyl sites for hydroxylation is 3. The third-order valence-electron chi connectivity index (χ3n) is 5.55. The fourth-order valence-electron chi connectivity index (χ4n) is 3.68. The number of esters is 1. The smallest absolute Gasteiger partial charge is 0.341 e. The molecule has 0 spiro atoms. The van der Waals surface area contributed by atoms with Crippen molar-refractivity contribution in [1.29, 1.82) is 0 Å². The van der Waals surface area contributed by atoms with E-state index in [1.165, 1.54) is 45.8 Å². The van der Waals surface area contributed by atoms with Gasteiger partial charge in [0.15, 0.2) is 0 Å². The number of carbonyl (C=O) groups excluding carboxylic acids is 2. The van der Waals surface area contributed by atoms with E-state index in [9.17, 15) is 9.59 Å². The van der Waals surface area contributed by atoms with Crippen LogP contribution in [0.3, 0.4) is 0 Å². The molecule has 3 aromatic rings. The Morgan fingerprint density at radius 2 is 1.90 bits per heavy atom. The number of ether oxygens (including phenoxy) is 2. The number of amides is 1. The van der Waals surface area contributed by atoms with E-state index in [0.29, 0.717) is 22.0 Å². The average Bonchev–Trinajstić information content (AvgIpc) is 3.38. The van der Waals surface area contributed by atoms with Gasteiger partial charge in [-0.1, -0.05) is 6.07 Å². The zero-order valence-corrected chi connectivity index (χ0v) is 19.5. The molecule has 0 saturated heterocycles. The molecule has 1 aliphatic carbocycles. The van der Waals surface area contributed by atoms with Crippen LogP contribution in [0.25, 0.3) is 0 Å². The number of hydrogen-bond acceptors (Lipinski definition) is 6. The number of hydrogen-bond donors (Lipinski definition) is 1. The first-order valence-corrected chi connectivity index (χ1v) is 12.0. The summed E-state index contributed by atoms with van der Waals surface area (Å²) in [6, 6.07) is 7.85. The van der Waals surface area contributed by atoms with Crippen molar-refractivity contribution in [3.8, 4) is 5.75 Å². The second-order valence-corrected chi connectivity index (χ2v) is 9.73. The standard InChI is InChI=1S/C24H25NO4S2/c1-14-8-9-17(10-15(14)2)29-12-16-11-20(30-13-16)22(26)25-23-21(24(27)28-3)18-6-4-5-7-19(18)31-23/h8-11,13H,4-7,12H2,1-3H3,(H,25,26). The second kappa shape index (κ2) is 9.24. The predicted molar refractivity (Wildman–Crippen MR) is 125 cm³/mol. The summed E-state index contributed by atoms with van der Waals surface area (Å²) in [6.45, 7) is 4.52. The van der Waals surface area contributed by atoms with E-state index < -0.39 is 0 Å². The molecule has 5 nitrogen and oxygen atoms in total. The lowest BCUT2D eigenvalue weighted by Crippen LogP contribution is -2.14. The molecule has 0 saturated carbocycles. The van der Waals surface area contributed by atoms with E-state index in [-0.39, 0.29) is 11.9 Å². The number of rotatable bonds is 6. The Kier molecular flexibility index (Phi) is 6.43. The highest BCUT2D eigenvalue weighted by Gasteiger charge is 2.27.